The number of hydrogen-bond acceptors (Lipinski definition) is 3. The highest BCUT2D eigenvalue weighted by Gasteiger charge is 2.57. The molecular formula is C22H26N2S. The van der Waals surface area contributed by atoms with Crippen LogP contribution >= 0.6 is 11.8 Å². The number of fused-ring (bicyclic) bond motifs is 3. The van der Waals surface area contributed by atoms with Gasteiger partial charge in [0, 0.05) is 43.2 Å². The monoisotopic (exact) mass is 350 g/mol. The summed E-state index contributed by atoms with van der Waals surface area (Å²) in [6.07, 6.45) is 4.74. The van der Waals surface area contributed by atoms with Gasteiger partial charge < -0.3 is 9.80 Å². The summed E-state index contributed by atoms with van der Waals surface area (Å²) in [5.74, 6) is 1.18. The summed E-state index contributed by atoms with van der Waals surface area (Å²) in [4.78, 5) is 4.76. The van der Waals surface area contributed by atoms with E-state index >= 15 is 0 Å². The topological polar surface area (TPSA) is 6.48 Å². The molecule has 2 aromatic rings. The van der Waals surface area contributed by atoms with E-state index in [4.69, 9.17) is 0 Å². The Kier molecular flexibility index (Phi) is 3.88. The van der Waals surface area contributed by atoms with Crippen LogP contribution in [0.1, 0.15) is 25.0 Å². The van der Waals surface area contributed by atoms with E-state index in [9.17, 15) is 0 Å². The molecule has 0 spiro atoms. The van der Waals surface area contributed by atoms with Crippen molar-refractivity contribution in [3.8, 4) is 0 Å². The number of nitrogens with zero attached hydrogens (tertiary/aromatic N) is 2. The Morgan fingerprint density at radius 2 is 1.76 bits per heavy atom. The number of rotatable bonds is 3. The predicted molar refractivity (Wildman–Crippen MR) is 112 cm³/mol. The Balaban J connectivity index is 1.71. The zero-order valence-corrected chi connectivity index (χ0v) is 16.3. The normalized spacial score (nSPS) is 23.8. The van der Waals surface area contributed by atoms with Crippen LogP contribution in [0.3, 0.4) is 0 Å². The first-order valence-corrected chi connectivity index (χ1v) is 9.92. The molecule has 0 saturated carbocycles. The van der Waals surface area contributed by atoms with E-state index in [1.165, 1.54) is 28.3 Å². The highest BCUT2D eigenvalue weighted by molar-refractivity contribution is 8.01. The molecule has 4 rings (SSSR count). The summed E-state index contributed by atoms with van der Waals surface area (Å²) >= 11 is 2.08. The van der Waals surface area contributed by atoms with Gasteiger partial charge in [0.2, 0.25) is 0 Å². The first-order valence-electron chi connectivity index (χ1n) is 8.93. The second-order valence-electron chi connectivity index (χ2n) is 7.66. The zero-order valence-electron chi connectivity index (χ0n) is 15.5. The largest absolute Gasteiger partial charge is 0.378 e. The number of hydrogen-bond donors (Lipinski definition) is 0. The van der Waals surface area contributed by atoms with Crippen LogP contribution in [-0.4, -0.2) is 31.3 Å². The Labute approximate surface area is 155 Å². The Morgan fingerprint density at radius 1 is 1.04 bits per heavy atom. The second-order valence-corrected chi connectivity index (χ2v) is 8.98. The molecule has 1 unspecified atom stereocenters. The fourth-order valence-corrected chi connectivity index (χ4v) is 5.79. The molecule has 25 heavy (non-hydrogen) atoms. The summed E-state index contributed by atoms with van der Waals surface area (Å²) in [5, 5.41) is 0. The van der Waals surface area contributed by atoms with Crippen molar-refractivity contribution in [3.63, 3.8) is 0 Å². The van der Waals surface area contributed by atoms with Crippen molar-refractivity contribution in [2.24, 2.45) is 0 Å². The molecule has 0 amide bonds. The molecular weight excluding hydrogens is 324 g/mol. The van der Waals surface area contributed by atoms with Gasteiger partial charge in [0.1, 0.15) is 4.87 Å². The molecule has 3 heteroatoms. The van der Waals surface area contributed by atoms with Crippen LogP contribution in [0.15, 0.2) is 54.6 Å². The van der Waals surface area contributed by atoms with E-state index in [1.54, 1.807) is 0 Å². The molecule has 0 bridgehead atoms. The van der Waals surface area contributed by atoms with Crippen LogP contribution in [-0.2, 0) is 5.41 Å². The number of anilines is 2. The average molecular weight is 351 g/mol. The molecule has 2 aliphatic rings. The van der Waals surface area contributed by atoms with Gasteiger partial charge in [-0.3, -0.25) is 0 Å². The van der Waals surface area contributed by atoms with E-state index in [0.717, 1.165) is 6.54 Å². The zero-order chi connectivity index (χ0) is 17.7. The highest BCUT2D eigenvalue weighted by atomic mass is 32.2. The van der Waals surface area contributed by atoms with Crippen LogP contribution in [0.25, 0.3) is 6.08 Å². The van der Waals surface area contributed by atoms with Crippen LogP contribution in [0.4, 0.5) is 11.4 Å². The number of para-hydroxylation sites is 1. The molecule has 0 N–H and O–H groups in total. The molecule has 0 radical (unpaired) electrons. The smallest absolute Gasteiger partial charge is 0.114 e. The van der Waals surface area contributed by atoms with E-state index < -0.39 is 0 Å². The maximum absolute atomic E-state index is 2.61. The fourth-order valence-electron chi connectivity index (χ4n) is 4.22. The third-order valence-corrected chi connectivity index (χ3v) is 7.41. The minimum absolute atomic E-state index is 0.0108. The summed E-state index contributed by atoms with van der Waals surface area (Å²) in [6.45, 7) is 5.91. The molecule has 1 fully saturated rings. The summed E-state index contributed by atoms with van der Waals surface area (Å²) in [6, 6.07) is 17.7. The summed E-state index contributed by atoms with van der Waals surface area (Å²) in [5.41, 5.74) is 5.46. The molecule has 0 aliphatic carbocycles. The maximum Gasteiger partial charge on any atom is 0.114 e. The molecule has 2 heterocycles. The Bertz CT molecular complexity index is 807. The molecule has 2 aliphatic heterocycles. The first-order chi connectivity index (χ1) is 12.0. The summed E-state index contributed by atoms with van der Waals surface area (Å²) < 4.78 is 0. The lowest BCUT2D eigenvalue weighted by atomic mass is 9.79. The molecule has 1 saturated heterocycles. The van der Waals surface area contributed by atoms with Crippen LogP contribution in [0, 0.1) is 0 Å². The third-order valence-electron chi connectivity index (χ3n) is 5.71. The van der Waals surface area contributed by atoms with Gasteiger partial charge in [-0.1, -0.05) is 50.3 Å². The van der Waals surface area contributed by atoms with Crippen LogP contribution in [0.2, 0.25) is 0 Å². The molecule has 130 valence electrons. The van der Waals surface area contributed by atoms with E-state index in [1.807, 2.05) is 0 Å². The number of thioether (sulfide) groups is 1. The minimum atomic E-state index is 0.0108. The minimum Gasteiger partial charge on any atom is -0.378 e. The van der Waals surface area contributed by atoms with Gasteiger partial charge in [-0.25, -0.2) is 0 Å². The lowest BCUT2D eigenvalue weighted by Crippen LogP contribution is -2.48. The van der Waals surface area contributed by atoms with Crippen LogP contribution in [0.5, 0.6) is 0 Å². The average Bonchev–Trinajstić information content (AvgIpc) is 3.12. The highest BCUT2D eigenvalue weighted by Crippen LogP contribution is 2.60. The lowest BCUT2D eigenvalue weighted by molar-refractivity contribution is 0.454. The van der Waals surface area contributed by atoms with Crippen molar-refractivity contribution in [2.45, 2.75) is 24.1 Å². The predicted octanol–water partition coefficient (Wildman–Crippen LogP) is 5.01. The Hall–Kier alpha value is -1.87. The molecule has 2 nitrogen and oxygen atoms in total. The first kappa shape index (κ1) is 16.6. The van der Waals surface area contributed by atoms with E-state index in [-0.39, 0.29) is 10.3 Å². The van der Waals surface area contributed by atoms with Gasteiger partial charge >= 0.3 is 0 Å². The van der Waals surface area contributed by atoms with Crippen molar-refractivity contribution >= 4 is 29.2 Å². The Morgan fingerprint density at radius 3 is 2.48 bits per heavy atom. The van der Waals surface area contributed by atoms with Crippen molar-refractivity contribution in [2.75, 3.05) is 36.2 Å². The van der Waals surface area contributed by atoms with Gasteiger partial charge in [0.05, 0.1) is 0 Å². The molecule has 1 atom stereocenters. The van der Waals surface area contributed by atoms with Crippen molar-refractivity contribution in [1.29, 1.82) is 0 Å². The van der Waals surface area contributed by atoms with E-state index in [2.05, 4.69) is 110 Å². The number of benzene rings is 2. The van der Waals surface area contributed by atoms with Crippen molar-refractivity contribution in [3.05, 3.63) is 65.7 Å². The van der Waals surface area contributed by atoms with Crippen LogP contribution < -0.4 is 9.80 Å². The van der Waals surface area contributed by atoms with Crippen molar-refractivity contribution < 1.29 is 0 Å². The van der Waals surface area contributed by atoms with Gasteiger partial charge in [-0.2, -0.15) is 0 Å². The second kappa shape index (κ2) is 5.84. The molecule has 0 aromatic heterocycles. The lowest BCUT2D eigenvalue weighted by Gasteiger charge is -2.40. The molecule has 2 aromatic carbocycles. The fraction of sp³-hybridized carbons (Fsp3) is 0.364. The summed E-state index contributed by atoms with van der Waals surface area (Å²) in [7, 11) is 4.16. The van der Waals surface area contributed by atoms with Gasteiger partial charge in [0.25, 0.3) is 0 Å². The standard InChI is InChI=1S/C22H26N2S/c1-21(2)19-7-5-6-8-20(19)24-15-16-25-22(21,24)14-13-17-9-11-18(12-10-17)23(3)4/h5-14H,15-16H2,1-4H3/b14-13+. The van der Waals surface area contributed by atoms with Gasteiger partial charge in [0.15, 0.2) is 0 Å². The quantitative estimate of drug-likeness (QED) is 0.768. The van der Waals surface area contributed by atoms with Gasteiger partial charge in [-0.15, -0.1) is 11.8 Å². The third kappa shape index (κ3) is 2.40. The van der Waals surface area contributed by atoms with Gasteiger partial charge in [-0.05, 0) is 35.4 Å². The SMILES string of the molecule is CN(C)c1ccc(/C=C/C23SCCN2c2ccccc2C3(C)C)cc1. The van der Waals surface area contributed by atoms with E-state index in [0.29, 0.717) is 0 Å². The maximum atomic E-state index is 2.61. The van der Waals surface area contributed by atoms with Crippen molar-refractivity contribution in [1.82, 2.24) is 0 Å².